The zero-order valence-electron chi connectivity index (χ0n) is 14.7. The number of hydrogen-bond donors (Lipinski definition) is 0. The standard InChI is InChI=1S/C21H17N3O3/c1-26-17-5-4-6-18(13-17)27-21(25)16-11-9-15(10-12-16)14-24-20-8-3-2-7-19(20)22-23-24/h2-13H,14H2,1H3. The monoisotopic (exact) mass is 359 g/mol. The first-order valence-electron chi connectivity index (χ1n) is 8.46. The lowest BCUT2D eigenvalue weighted by Gasteiger charge is -2.07. The van der Waals surface area contributed by atoms with E-state index in [0.717, 1.165) is 16.6 Å². The minimum atomic E-state index is -0.416. The predicted octanol–water partition coefficient (Wildman–Crippen LogP) is 3.71. The van der Waals surface area contributed by atoms with Crippen LogP contribution in [0, 0.1) is 0 Å². The summed E-state index contributed by atoms with van der Waals surface area (Å²) < 4.78 is 12.4. The van der Waals surface area contributed by atoms with E-state index in [-0.39, 0.29) is 0 Å². The molecule has 0 bridgehead atoms. The van der Waals surface area contributed by atoms with Crippen LogP contribution in [-0.4, -0.2) is 28.1 Å². The van der Waals surface area contributed by atoms with Gasteiger partial charge in [0.2, 0.25) is 0 Å². The number of aromatic nitrogens is 3. The zero-order valence-corrected chi connectivity index (χ0v) is 14.7. The summed E-state index contributed by atoms with van der Waals surface area (Å²) >= 11 is 0. The highest BCUT2D eigenvalue weighted by Crippen LogP contribution is 2.20. The Bertz CT molecular complexity index is 1090. The third-order valence-corrected chi connectivity index (χ3v) is 4.19. The van der Waals surface area contributed by atoms with Gasteiger partial charge in [0.1, 0.15) is 17.0 Å². The smallest absolute Gasteiger partial charge is 0.343 e. The molecule has 0 spiro atoms. The van der Waals surface area contributed by atoms with Gasteiger partial charge in [0.25, 0.3) is 0 Å². The van der Waals surface area contributed by atoms with Crippen LogP contribution in [0.4, 0.5) is 0 Å². The van der Waals surface area contributed by atoms with Crippen LogP contribution in [0.2, 0.25) is 0 Å². The first kappa shape index (κ1) is 16.8. The molecular weight excluding hydrogens is 342 g/mol. The molecule has 134 valence electrons. The Balaban J connectivity index is 1.47. The van der Waals surface area contributed by atoms with Crippen molar-refractivity contribution >= 4 is 17.0 Å². The Hall–Kier alpha value is -3.67. The number of ether oxygens (including phenoxy) is 2. The highest BCUT2D eigenvalue weighted by Gasteiger charge is 2.10. The lowest BCUT2D eigenvalue weighted by atomic mass is 10.1. The second kappa shape index (κ2) is 7.29. The lowest BCUT2D eigenvalue weighted by molar-refractivity contribution is 0.0734. The van der Waals surface area contributed by atoms with Crippen molar-refractivity contribution in [2.45, 2.75) is 6.54 Å². The third-order valence-electron chi connectivity index (χ3n) is 4.19. The van der Waals surface area contributed by atoms with E-state index < -0.39 is 5.97 Å². The molecule has 0 radical (unpaired) electrons. The molecule has 27 heavy (non-hydrogen) atoms. The maximum absolute atomic E-state index is 12.3. The van der Waals surface area contributed by atoms with Crippen LogP contribution in [0.1, 0.15) is 15.9 Å². The number of nitrogens with zero attached hydrogens (tertiary/aromatic N) is 3. The molecule has 1 heterocycles. The molecule has 6 nitrogen and oxygen atoms in total. The molecule has 3 aromatic carbocycles. The summed E-state index contributed by atoms with van der Waals surface area (Å²) in [5.41, 5.74) is 3.32. The zero-order chi connectivity index (χ0) is 18.6. The largest absolute Gasteiger partial charge is 0.497 e. The van der Waals surface area contributed by atoms with Gasteiger partial charge in [-0.05, 0) is 42.0 Å². The summed E-state index contributed by atoms with van der Waals surface area (Å²) in [5, 5.41) is 8.33. The normalized spacial score (nSPS) is 10.7. The van der Waals surface area contributed by atoms with Gasteiger partial charge in [0, 0.05) is 6.07 Å². The number of esters is 1. The van der Waals surface area contributed by atoms with Gasteiger partial charge in [-0.25, -0.2) is 9.48 Å². The quantitative estimate of drug-likeness (QED) is 0.401. The van der Waals surface area contributed by atoms with Crippen LogP contribution in [-0.2, 0) is 6.54 Å². The third kappa shape index (κ3) is 3.64. The van der Waals surface area contributed by atoms with Crippen LogP contribution < -0.4 is 9.47 Å². The van der Waals surface area contributed by atoms with Crippen molar-refractivity contribution in [1.29, 1.82) is 0 Å². The van der Waals surface area contributed by atoms with Crippen LogP contribution >= 0.6 is 0 Å². The molecule has 0 amide bonds. The Morgan fingerprint density at radius 3 is 2.56 bits per heavy atom. The van der Waals surface area contributed by atoms with E-state index in [0.29, 0.717) is 23.6 Å². The van der Waals surface area contributed by atoms with Crippen molar-refractivity contribution in [3.05, 3.63) is 83.9 Å². The molecule has 1 aromatic heterocycles. The summed E-state index contributed by atoms with van der Waals surface area (Å²) in [6.45, 7) is 0.575. The Kier molecular flexibility index (Phi) is 4.53. The topological polar surface area (TPSA) is 66.2 Å². The minimum Gasteiger partial charge on any atom is -0.497 e. The molecule has 0 fully saturated rings. The SMILES string of the molecule is COc1cccc(OC(=O)c2ccc(Cn3nnc4ccccc43)cc2)c1. The highest BCUT2D eigenvalue weighted by atomic mass is 16.5. The molecule has 0 unspecified atom stereocenters. The molecular formula is C21H17N3O3. The van der Waals surface area contributed by atoms with Crippen molar-refractivity contribution in [3.8, 4) is 11.5 Å². The van der Waals surface area contributed by atoms with E-state index in [2.05, 4.69) is 10.3 Å². The van der Waals surface area contributed by atoms with E-state index in [1.54, 1.807) is 43.5 Å². The van der Waals surface area contributed by atoms with Gasteiger partial charge >= 0.3 is 5.97 Å². The molecule has 0 saturated carbocycles. The molecule has 0 atom stereocenters. The van der Waals surface area contributed by atoms with Crippen molar-refractivity contribution in [1.82, 2.24) is 15.0 Å². The summed E-state index contributed by atoms with van der Waals surface area (Å²) in [5.74, 6) is 0.661. The average Bonchev–Trinajstić information content (AvgIpc) is 3.11. The van der Waals surface area contributed by atoms with E-state index in [9.17, 15) is 4.79 Å². The van der Waals surface area contributed by atoms with E-state index in [1.165, 1.54) is 0 Å². The molecule has 0 aliphatic heterocycles. The average molecular weight is 359 g/mol. The first-order valence-corrected chi connectivity index (χ1v) is 8.46. The van der Waals surface area contributed by atoms with Crippen LogP contribution in [0.15, 0.2) is 72.8 Å². The fourth-order valence-electron chi connectivity index (χ4n) is 2.78. The van der Waals surface area contributed by atoms with E-state index >= 15 is 0 Å². The van der Waals surface area contributed by atoms with Gasteiger partial charge < -0.3 is 9.47 Å². The Morgan fingerprint density at radius 1 is 0.963 bits per heavy atom. The van der Waals surface area contributed by atoms with Gasteiger partial charge in [-0.3, -0.25) is 0 Å². The number of fused-ring (bicyclic) bond motifs is 1. The molecule has 0 aliphatic carbocycles. The minimum absolute atomic E-state index is 0.416. The molecule has 0 saturated heterocycles. The summed E-state index contributed by atoms with van der Waals surface area (Å²) in [4.78, 5) is 12.3. The van der Waals surface area contributed by atoms with Crippen LogP contribution in [0.3, 0.4) is 0 Å². The predicted molar refractivity (Wildman–Crippen MR) is 101 cm³/mol. The number of benzene rings is 3. The van der Waals surface area contributed by atoms with Crippen LogP contribution in [0.25, 0.3) is 11.0 Å². The molecule has 4 aromatic rings. The summed E-state index contributed by atoms with van der Waals surface area (Å²) in [6, 6.07) is 22.0. The van der Waals surface area contributed by atoms with Gasteiger partial charge in [-0.2, -0.15) is 0 Å². The number of methoxy groups -OCH3 is 1. The Morgan fingerprint density at radius 2 is 1.74 bits per heavy atom. The fourth-order valence-corrected chi connectivity index (χ4v) is 2.78. The van der Waals surface area contributed by atoms with E-state index in [1.807, 2.05) is 41.1 Å². The number of carbonyl (C=O) groups is 1. The van der Waals surface area contributed by atoms with Gasteiger partial charge in [0.05, 0.1) is 24.7 Å². The number of rotatable bonds is 5. The van der Waals surface area contributed by atoms with Crippen LogP contribution in [0.5, 0.6) is 11.5 Å². The summed E-state index contributed by atoms with van der Waals surface area (Å²) in [6.07, 6.45) is 0. The molecule has 4 rings (SSSR count). The second-order valence-corrected chi connectivity index (χ2v) is 6.00. The fraction of sp³-hybridized carbons (Fsp3) is 0.0952. The second-order valence-electron chi connectivity index (χ2n) is 6.00. The molecule has 0 aliphatic rings. The summed E-state index contributed by atoms with van der Waals surface area (Å²) in [7, 11) is 1.57. The Labute approximate surface area is 156 Å². The first-order chi connectivity index (χ1) is 13.2. The van der Waals surface area contributed by atoms with Crippen molar-refractivity contribution in [3.63, 3.8) is 0 Å². The number of carbonyl (C=O) groups excluding carboxylic acids is 1. The lowest BCUT2D eigenvalue weighted by Crippen LogP contribution is -2.09. The van der Waals surface area contributed by atoms with Crippen molar-refractivity contribution in [2.24, 2.45) is 0 Å². The van der Waals surface area contributed by atoms with Crippen molar-refractivity contribution in [2.75, 3.05) is 7.11 Å². The van der Waals surface area contributed by atoms with Gasteiger partial charge in [-0.15, -0.1) is 5.10 Å². The molecule has 6 heteroatoms. The number of hydrogen-bond acceptors (Lipinski definition) is 5. The molecule has 0 N–H and O–H groups in total. The highest BCUT2D eigenvalue weighted by molar-refractivity contribution is 5.91. The maximum Gasteiger partial charge on any atom is 0.343 e. The maximum atomic E-state index is 12.3. The number of para-hydroxylation sites is 1. The van der Waals surface area contributed by atoms with Crippen molar-refractivity contribution < 1.29 is 14.3 Å². The van der Waals surface area contributed by atoms with E-state index in [4.69, 9.17) is 9.47 Å². The van der Waals surface area contributed by atoms with Gasteiger partial charge in [0.15, 0.2) is 0 Å². The van der Waals surface area contributed by atoms with Gasteiger partial charge in [-0.1, -0.05) is 35.5 Å².